The van der Waals surface area contributed by atoms with Crippen molar-refractivity contribution in [1.82, 2.24) is 4.90 Å². The average Bonchev–Trinajstić information content (AvgIpc) is 2.88. The molecule has 128 valence electrons. The Morgan fingerprint density at radius 3 is 2.12 bits per heavy atom. The van der Waals surface area contributed by atoms with Gasteiger partial charge < -0.3 is 0 Å². The molecule has 2 aromatic rings. The molecule has 0 unspecified atom stereocenters. The van der Waals surface area contributed by atoms with Gasteiger partial charge in [0.1, 0.15) is 0 Å². The molecule has 2 aromatic carbocycles. The van der Waals surface area contributed by atoms with Gasteiger partial charge in [-0.05, 0) is 0 Å². The van der Waals surface area contributed by atoms with E-state index in [0.29, 0.717) is 0 Å². The molecular weight excluding hydrogens is 391 g/mol. The Hall–Kier alpha value is -2.68. The number of carbonyl (C=O) groups excluding carboxylic acids is 2. The summed E-state index contributed by atoms with van der Waals surface area (Å²) in [6, 6.07) is 20.1. The first kappa shape index (κ1) is 16.8. The number of rotatable bonds is 3. The van der Waals surface area contributed by atoms with E-state index < -0.39 is 5.54 Å². The predicted octanol–water partition coefficient (Wildman–Crippen LogP) is 2.33. The second-order valence-electron chi connectivity index (χ2n) is 6.24. The van der Waals surface area contributed by atoms with Gasteiger partial charge in [-0.3, -0.25) is 0 Å². The first-order chi connectivity index (χ1) is 12.6. The first-order valence-corrected chi connectivity index (χ1v) is 10.1. The number of nitrogens with zero attached hydrogens (tertiary/aromatic N) is 1. The van der Waals surface area contributed by atoms with E-state index in [2.05, 4.69) is 12.1 Å². The van der Waals surface area contributed by atoms with E-state index in [1.165, 1.54) is 0 Å². The third kappa shape index (κ3) is 2.68. The Balaban J connectivity index is 1.93. The number of hydrogen-bond donors (Lipinski definition) is 0. The van der Waals surface area contributed by atoms with Crippen LogP contribution in [0, 0.1) is 0 Å². The molecule has 0 saturated carbocycles. The van der Waals surface area contributed by atoms with Crippen LogP contribution >= 0.6 is 0 Å². The molecule has 3 nitrogen and oxygen atoms in total. The molecule has 4 heteroatoms. The Bertz CT molecular complexity index is 942. The summed E-state index contributed by atoms with van der Waals surface area (Å²) in [7, 11) is 1.81. The molecule has 0 fully saturated rings. The van der Waals surface area contributed by atoms with Crippen molar-refractivity contribution in [2.24, 2.45) is 0 Å². The molecule has 0 aromatic heterocycles. The fourth-order valence-corrected chi connectivity index (χ4v) is 5.75. The topological polar surface area (TPSA) is 37.4 Å². The zero-order chi connectivity index (χ0) is 18.1. The van der Waals surface area contributed by atoms with Gasteiger partial charge in [-0.25, -0.2) is 0 Å². The Morgan fingerprint density at radius 1 is 0.923 bits per heavy atom. The zero-order valence-electron chi connectivity index (χ0n) is 14.3. The van der Waals surface area contributed by atoms with Crippen LogP contribution in [-0.4, -0.2) is 44.1 Å². The van der Waals surface area contributed by atoms with Gasteiger partial charge in [0.2, 0.25) is 0 Å². The maximum atomic E-state index is 13.2. The minimum atomic E-state index is -0.696. The van der Waals surface area contributed by atoms with E-state index in [4.69, 9.17) is 0 Å². The van der Waals surface area contributed by atoms with Crippen LogP contribution in [0.25, 0.3) is 5.57 Å². The van der Waals surface area contributed by atoms with Crippen LogP contribution in [0.1, 0.15) is 5.56 Å². The molecule has 0 atom stereocenters. The van der Waals surface area contributed by atoms with Crippen molar-refractivity contribution in [2.75, 3.05) is 7.05 Å². The van der Waals surface area contributed by atoms with Gasteiger partial charge in [-0.2, -0.15) is 0 Å². The van der Waals surface area contributed by atoms with Crippen molar-refractivity contribution in [1.29, 1.82) is 0 Å². The standard InChI is InChI=1S/C22H17NO2Se/c1-23-21(25)20(26-18-10-6-3-7-11-18)19(16-8-4-2-5-9-16)22(23)14-12-17(24)13-15-22/h2-15H,1H3/i24+2. The van der Waals surface area contributed by atoms with Crippen molar-refractivity contribution in [3.8, 4) is 0 Å². The fraction of sp³-hybridized carbons (Fsp3) is 0.0909. The van der Waals surface area contributed by atoms with Gasteiger partial charge in [0.05, 0.1) is 0 Å². The van der Waals surface area contributed by atoms with Crippen LogP contribution in [0.3, 0.4) is 0 Å². The van der Waals surface area contributed by atoms with Gasteiger partial charge in [0, 0.05) is 0 Å². The molecule has 1 aliphatic heterocycles. The van der Waals surface area contributed by atoms with E-state index in [0.717, 1.165) is 20.1 Å². The van der Waals surface area contributed by atoms with Crippen molar-refractivity contribution >= 4 is 36.7 Å². The molecule has 1 amide bonds. The second kappa shape index (κ2) is 6.56. The molecule has 0 bridgehead atoms. The summed E-state index contributed by atoms with van der Waals surface area (Å²) in [4.78, 5) is 26.6. The van der Waals surface area contributed by atoms with Crippen LogP contribution in [0.15, 0.2) is 89.4 Å². The third-order valence-corrected chi connectivity index (χ3v) is 7.00. The van der Waals surface area contributed by atoms with E-state index in [9.17, 15) is 9.59 Å². The van der Waals surface area contributed by atoms with Gasteiger partial charge in [0.15, 0.2) is 0 Å². The van der Waals surface area contributed by atoms with Gasteiger partial charge in [-0.1, -0.05) is 0 Å². The van der Waals surface area contributed by atoms with Crippen molar-refractivity contribution in [3.05, 3.63) is 95.0 Å². The summed E-state index contributed by atoms with van der Waals surface area (Å²) in [6.07, 6.45) is 6.82. The normalized spacial score (nSPS) is 18.3. The van der Waals surface area contributed by atoms with Crippen molar-refractivity contribution in [2.45, 2.75) is 5.54 Å². The molecule has 1 spiro atoms. The van der Waals surface area contributed by atoms with E-state index in [1.54, 1.807) is 17.1 Å². The molecule has 1 aliphatic carbocycles. The van der Waals surface area contributed by atoms with Gasteiger partial charge in [-0.15, -0.1) is 0 Å². The summed E-state index contributed by atoms with van der Waals surface area (Å²) in [6.45, 7) is 0. The monoisotopic (exact) mass is 409 g/mol. The van der Waals surface area contributed by atoms with Gasteiger partial charge >= 0.3 is 159 Å². The number of likely N-dealkylation sites (N-methyl/N-ethyl adjacent to an activating group) is 1. The van der Waals surface area contributed by atoms with E-state index in [1.807, 2.05) is 67.7 Å². The van der Waals surface area contributed by atoms with Crippen LogP contribution in [0.2, 0.25) is 0 Å². The Morgan fingerprint density at radius 2 is 1.50 bits per heavy atom. The van der Waals surface area contributed by atoms with E-state index in [-0.39, 0.29) is 26.6 Å². The summed E-state index contributed by atoms with van der Waals surface area (Å²) in [5, 5.41) is 0. The number of carbonyl (C=O) groups is 2. The summed E-state index contributed by atoms with van der Waals surface area (Å²) in [5.41, 5.74) is 1.30. The molecule has 0 N–H and O–H groups in total. The Kier molecular flexibility index (Phi) is 4.23. The maximum absolute atomic E-state index is 13.2. The first-order valence-electron chi connectivity index (χ1n) is 8.35. The number of hydrogen-bond acceptors (Lipinski definition) is 2. The van der Waals surface area contributed by atoms with Crippen molar-refractivity contribution in [3.63, 3.8) is 0 Å². The number of benzene rings is 2. The molecule has 0 saturated heterocycles. The predicted molar refractivity (Wildman–Crippen MR) is 104 cm³/mol. The van der Waals surface area contributed by atoms with E-state index >= 15 is 0 Å². The molecule has 4 rings (SSSR count). The molecule has 0 radical (unpaired) electrons. The molecular formula is C22H17NO2Se. The summed E-state index contributed by atoms with van der Waals surface area (Å²) < 4.78 is 1.99. The Labute approximate surface area is 158 Å². The minimum absolute atomic E-state index is 0.0244. The summed E-state index contributed by atoms with van der Waals surface area (Å²) >= 11 is -0.121. The number of allylic oxidation sites excluding steroid dienone is 2. The number of ketones is 1. The fourth-order valence-electron chi connectivity index (χ4n) is 3.36. The molecule has 1 heterocycles. The quantitative estimate of drug-likeness (QED) is 0.578. The van der Waals surface area contributed by atoms with Crippen LogP contribution in [0.4, 0.5) is 0 Å². The van der Waals surface area contributed by atoms with Crippen LogP contribution in [0.5, 0.6) is 0 Å². The number of amides is 1. The molecule has 26 heavy (non-hydrogen) atoms. The van der Waals surface area contributed by atoms with Crippen LogP contribution < -0.4 is 4.46 Å². The second-order valence-corrected chi connectivity index (χ2v) is 8.52. The van der Waals surface area contributed by atoms with Gasteiger partial charge in [0.25, 0.3) is 0 Å². The SMILES string of the molecule is CN1C(=O)C([Se]c2ccccc2)=C(c2ccccc2)C12C=CC(=[18O])C=C2. The van der Waals surface area contributed by atoms with Crippen molar-refractivity contribution < 1.29 is 9.59 Å². The zero-order valence-corrected chi connectivity index (χ0v) is 16.0. The summed E-state index contributed by atoms with van der Waals surface area (Å²) in [5.74, 6) is -0.0257. The third-order valence-electron chi connectivity index (χ3n) is 4.71. The average molecular weight is 408 g/mol. The van der Waals surface area contributed by atoms with Crippen LogP contribution in [-0.2, 0) is 9.59 Å². The molecule has 2 aliphatic rings.